The summed E-state index contributed by atoms with van der Waals surface area (Å²) >= 11 is 0. The SMILES string of the molecule is CC(C)(C)c1cc(NC(=O)CN2CCCC2C(=O)O)on1. The van der Waals surface area contributed by atoms with Crippen LogP contribution in [0.1, 0.15) is 39.3 Å². The molecule has 0 aliphatic carbocycles. The predicted molar refractivity (Wildman–Crippen MR) is 76.1 cm³/mol. The zero-order valence-electron chi connectivity index (χ0n) is 12.5. The summed E-state index contributed by atoms with van der Waals surface area (Å²) in [5.74, 6) is -0.884. The van der Waals surface area contributed by atoms with Gasteiger partial charge in [-0.3, -0.25) is 19.8 Å². The number of carboxylic acids is 1. The van der Waals surface area contributed by atoms with Crippen molar-refractivity contribution in [3.63, 3.8) is 0 Å². The highest BCUT2D eigenvalue weighted by Gasteiger charge is 2.31. The smallest absolute Gasteiger partial charge is 0.320 e. The van der Waals surface area contributed by atoms with E-state index in [-0.39, 0.29) is 23.8 Å². The number of likely N-dealkylation sites (tertiary alicyclic amines) is 1. The Morgan fingerprint density at radius 3 is 2.81 bits per heavy atom. The summed E-state index contributed by atoms with van der Waals surface area (Å²) in [7, 11) is 0. The Bertz CT molecular complexity index is 533. The summed E-state index contributed by atoms with van der Waals surface area (Å²) in [5.41, 5.74) is 0.595. The Morgan fingerprint density at radius 1 is 1.52 bits per heavy atom. The molecule has 0 radical (unpaired) electrons. The molecule has 116 valence electrons. The number of carbonyl (C=O) groups is 2. The molecule has 1 aliphatic heterocycles. The summed E-state index contributed by atoms with van der Waals surface area (Å²) in [6.07, 6.45) is 1.37. The number of nitrogens with zero attached hydrogens (tertiary/aromatic N) is 2. The Balaban J connectivity index is 1.93. The summed E-state index contributed by atoms with van der Waals surface area (Å²) in [6, 6.07) is 1.12. The lowest BCUT2D eigenvalue weighted by Crippen LogP contribution is -2.40. The summed E-state index contributed by atoms with van der Waals surface area (Å²) in [6.45, 7) is 6.66. The first-order valence-corrected chi connectivity index (χ1v) is 7.01. The van der Waals surface area contributed by atoms with Crippen molar-refractivity contribution in [1.82, 2.24) is 10.1 Å². The number of anilines is 1. The molecule has 1 unspecified atom stereocenters. The van der Waals surface area contributed by atoms with E-state index >= 15 is 0 Å². The van der Waals surface area contributed by atoms with Crippen LogP contribution in [0.15, 0.2) is 10.6 Å². The topological polar surface area (TPSA) is 95.7 Å². The van der Waals surface area contributed by atoms with Crippen LogP contribution in [0.5, 0.6) is 0 Å². The fourth-order valence-corrected chi connectivity index (χ4v) is 2.34. The minimum absolute atomic E-state index is 0.0442. The normalized spacial score (nSPS) is 19.7. The third kappa shape index (κ3) is 3.81. The van der Waals surface area contributed by atoms with Crippen LogP contribution < -0.4 is 5.32 Å². The number of amides is 1. The minimum atomic E-state index is -0.880. The Kier molecular flexibility index (Phi) is 4.32. The molecule has 0 saturated carbocycles. The van der Waals surface area contributed by atoms with E-state index in [1.54, 1.807) is 11.0 Å². The minimum Gasteiger partial charge on any atom is -0.480 e. The average molecular weight is 295 g/mol. The highest BCUT2D eigenvalue weighted by Crippen LogP contribution is 2.23. The number of rotatable bonds is 4. The molecule has 0 aromatic carbocycles. The number of hydrogen-bond acceptors (Lipinski definition) is 5. The Morgan fingerprint density at radius 2 is 2.24 bits per heavy atom. The van der Waals surface area contributed by atoms with E-state index in [9.17, 15) is 9.59 Å². The van der Waals surface area contributed by atoms with Crippen molar-refractivity contribution in [2.45, 2.75) is 45.1 Å². The summed E-state index contributed by atoms with van der Waals surface area (Å²) in [5, 5.41) is 15.6. The van der Waals surface area contributed by atoms with Gasteiger partial charge in [-0.1, -0.05) is 25.9 Å². The van der Waals surface area contributed by atoms with Gasteiger partial charge < -0.3 is 9.63 Å². The van der Waals surface area contributed by atoms with Crippen LogP contribution in [0.2, 0.25) is 0 Å². The van der Waals surface area contributed by atoms with E-state index in [1.807, 2.05) is 20.8 Å². The second-order valence-corrected chi connectivity index (χ2v) is 6.34. The Hall–Kier alpha value is -1.89. The highest BCUT2D eigenvalue weighted by molar-refractivity contribution is 5.91. The largest absolute Gasteiger partial charge is 0.480 e. The lowest BCUT2D eigenvalue weighted by Gasteiger charge is -2.19. The fourth-order valence-electron chi connectivity index (χ4n) is 2.34. The molecule has 1 atom stereocenters. The Labute approximate surface area is 123 Å². The molecular weight excluding hydrogens is 274 g/mol. The average Bonchev–Trinajstić information content (AvgIpc) is 2.96. The monoisotopic (exact) mass is 295 g/mol. The number of carboxylic acid groups (broad SMARTS) is 1. The number of carbonyl (C=O) groups excluding carboxylic acids is 1. The van der Waals surface area contributed by atoms with E-state index in [1.165, 1.54) is 0 Å². The van der Waals surface area contributed by atoms with Gasteiger partial charge in [-0.05, 0) is 19.4 Å². The molecule has 0 bridgehead atoms. The first-order valence-electron chi connectivity index (χ1n) is 7.01. The maximum atomic E-state index is 12.0. The van der Waals surface area contributed by atoms with Gasteiger partial charge in [0.05, 0.1) is 12.2 Å². The van der Waals surface area contributed by atoms with E-state index < -0.39 is 12.0 Å². The van der Waals surface area contributed by atoms with E-state index in [2.05, 4.69) is 10.5 Å². The molecule has 1 aromatic heterocycles. The van der Waals surface area contributed by atoms with Gasteiger partial charge in [0.2, 0.25) is 11.8 Å². The van der Waals surface area contributed by atoms with Crippen molar-refractivity contribution in [1.29, 1.82) is 0 Å². The molecular formula is C14H21N3O4. The van der Waals surface area contributed by atoms with Gasteiger partial charge in [-0.25, -0.2) is 0 Å². The van der Waals surface area contributed by atoms with Crippen LogP contribution in [0.25, 0.3) is 0 Å². The number of aromatic nitrogens is 1. The van der Waals surface area contributed by atoms with Crippen molar-refractivity contribution in [2.24, 2.45) is 0 Å². The second-order valence-electron chi connectivity index (χ2n) is 6.34. The maximum absolute atomic E-state index is 12.0. The van der Waals surface area contributed by atoms with Gasteiger partial charge in [0.15, 0.2) is 0 Å². The third-order valence-corrected chi connectivity index (χ3v) is 3.54. The van der Waals surface area contributed by atoms with Gasteiger partial charge in [-0.15, -0.1) is 0 Å². The molecule has 7 heteroatoms. The van der Waals surface area contributed by atoms with Gasteiger partial charge in [-0.2, -0.15) is 0 Å². The van der Waals surface area contributed by atoms with Crippen molar-refractivity contribution in [2.75, 3.05) is 18.4 Å². The second kappa shape index (κ2) is 5.85. The molecule has 2 rings (SSSR count). The van der Waals surface area contributed by atoms with Crippen molar-refractivity contribution < 1.29 is 19.2 Å². The van der Waals surface area contributed by atoms with Gasteiger partial charge in [0.25, 0.3) is 0 Å². The molecule has 0 spiro atoms. The molecule has 7 nitrogen and oxygen atoms in total. The number of hydrogen-bond donors (Lipinski definition) is 2. The van der Waals surface area contributed by atoms with E-state index in [4.69, 9.17) is 9.63 Å². The van der Waals surface area contributed by atoms with Crippen LogP contribution in [0.3, 0.4) is 0 Å². The first kappa shape index (κ1) is 15.5. The van der Waals surface area contributed by atoms with Gasteiger partial charge in [0, 0.05) is 11.5 Å². The lowest BCUT2D eigenvalue weighted by molar-refractivity contribution is -0.142. The highest BCUT2D eigenvalue weighted by atomic mass is 16.5. The van der Waals surface area contributed by atoms with E-state index in [0.717, 1.165) is 12.1 Å². The summed E-state index contributed by atoms with van der Waals surface area (Å²) < 4.78 is 5.08. The van der Waals surface area contributed by atoms with E-state index in [0.29, 0.717) is 13.0 Å². The molecule has 1 aliphatic rings. The van der Waals surface area contributed by atoms with Crippen LogP contribution in [-0.2, 0) is 15.0 Å². The predicted octanol–water partition coefficient (Wildman–Crippen LogP) is 1.46. The van der Waals surface area contributed by atoms with Crippen molar-refractivity contribution in [3.8, 4) is 0 Å². The lowest BCUT2D eigenvalue weighted by atomic mass is 9.92. The molecule has 1 aromatic rings. The molecule has 1 amide bonds. The molecule has 1 fully saturated rings. The molecule has 21 heavy (non-hydrogen) atoms. The van der Waals surface area contributed by atoms with Crippen LogP contribution in [0.4, 0.5) is 5.88 Å². The fraction of sp³-hybridized carbons (Fsp3) is 0.643. The quantitative estimate of drug-likeness (QED) is 0.873. The van der Waals surface area contributed by atoms with Crippen LogP contribution in [0, 0.1) is 0 Å². The molecule has 2 N–H and O–H groups in total. The van der Waals surface area contributed by atoms with Crippen molar-refractivity contribution in [3.05, 3.63) is 11.8 Å². The third-order valence-electron chi connectivity index (χ3n) is 3.54. The number of nitrogens with one attached hydrogen (secondary N) is 1. The maximum Gasteiger partial charge on any atom is 0.320 e. The van der Waals surface area contributed by atoms with Crippen molar-refractivity contribution >= 4 is 17.8 Å². The van der Waals surface area contributed by atoms with Crippen LogP contribution in [-0.4, -0.2) is 46.2 Å². The summed E-state index contributed by atoms with van der Waals surface area (Å²) in [4.78, 5) is 24.7. The first-order chi connectivity index (χ1) is 9.77. The standard InChI is InChI=1S/C14H21N3O4/c1-14(2,3)10-7-12(21-16-10)15-11(18)8-17-6-4-5-9(17)13(19)20/h7,9H,4-6,8H2,1-3H3,(H,15,18)(H,19,20). The van der Waals surface area contributed by atoms with Gasteiger partial charge in [0.1, 0.15) is 6.04 Å². The zero-order valence-corrected chi connectivity index (χ0v) is 12.5. The molecule has 1 saturated heterocycles. The number of aliphatic carboxylic acids is 1. The van der Waals surface area contributed by atoms with Crippen LogP contribution >= 0.6 is 0 Å². The molecule has 2 heterocycles. The van der Waals surface area contributed by atoms with Gasteiger partial charge >= 0.3 is 5.97 Å². The zero-order chi connectivity index (χ0) is 15.6.